The van der Waals surface area contributed by atoms with Crippen molar-refractivity contribution in [2.24, 2.45) is 0 Å². The lowest BCUT2D eigenvalue weighted by molar-refractivity contribution is 0.0935. The number of hydrogen-bond donors (Lipinski definition) is 4. The van der Waals surface area contributed by atoms with Crippen molar-refractivity contribution in [1.29, 1.82) is 0 Å². The Balaban J connectivity index is 1.75. The highest BCUT2D eigenvalue weighted by Crippen LogP contribution is 2.27. The summed E-state index contributed by atoms with van der Waals surface area (Å²) in [5.41, 5.74) is 13.6. The van der Waals surface area contributed by atoms with Crippen molar-refractivity contribution in [3.63, 3.8) is 0 Å². The molecule has 0 saturated heterocycles. The highest BCUT2D eigenvalue weighted by Gasteiger charge is 2.12. The maximum absolute atomic E-state index is 11.9. The van der Waals surface area contributed by atoms with Crippen LogP contribution in [-0.4, -0.2) is 15.9 Å². The van der Waals surface area contributed by atoms with Crippen molar-refractivity contribution in [3.05, 3.63) is 60.3 Å². The molecule has 8 heteroatoms. The van der Waals surface area contributed by atoms with Gasteiger partial charge in [0.25, 0.3) is 0 Å². The third-order valence-electron chi connectivity index (χ3n) is 3.57. The first-order chi connectivity index (χ1) is 12.2. The summed E-state index contributed by atoms with van der Waals surface area (Å²) in [6.45, 7) is 2.07. The van der Waals surface area contributed by atoms with Crippen LogP contribution in [0.1, 0.15) is 23.0 Å². The van der Waals surface area contributed by atoms with Gasteiger partial charge in [-0.2, -0.15) is 0 Å². The Labute approximate surface area is 144 Å². The van der Waals surface area contributed by atoms with Crippen LogP contribution in [0, 0.1) is 0 Å². The molecule has 0 radical (unpaired) electrons. The molecule has 0 fully saturated rings. The van der Waals surface area contributed by atoms with E-state index >= 15 is 0 Å². The van der Waals surface area contributed by atoms with E-state index in [-0.39, 0.29) is 17.3 Å². The van der Waals surface area contributed by atoms with E-state index in [1.165, 1.54) is 12.6 Å². The van der Waals surface area contributed by atoms with Gasteiger partial charge in [-0.1, -0.05) is 25.1 Å². The molecular formula is C17H18N6O2. The molecule has 0 unspecified atom stereocenters. The van der Waals surface area contributed by atoms with E-state index in [4.69, 9.17) is 10.2 Å². The summed E-state index contributed by atoms with van der Waals surface area (Å²) in [5, 5.41) is 3.20. The second-order valence-electron chi connectivity index (χ2n) is 5.18. The number of hydrazine groups is 1. The number of nitrogens with zero attached hydrogens (tertiary/aromatic N) is 2. The molecule has 0 aliphatic carbocycles. The molecule has 1 aromatic carbocycles. The van der Waals surface area contributed by atoms with Crippen LogP contribution in [0.3, 0.4) is 0 Å². The summed E-state index contributed by atoms with van der Waals surface area (Å²) in [6, 6.07) is 11.1. The summed E-state index contributed by atoms with van der Waals surface area (Å²) < 4.78 is 5.01. The minimum atomic E-state index is -0.436. The van der Waals surface area contributed by atoms with Gasteiger partial charge in [0, 0.05) is 5.69 Å². The standard InChI is InChI=1S/C17H18N6O2/c1-2-11-6-3-4-7-12(11)21-15-14(18)16(20-10-19-15)22-23-17(24)13-8-5-9-25-13/h3-10H,2,18H2,1H3,(H,23,24)(H2,19,20,21,22). The van der Waals surface area contributed by atoms with Crippen LogP contribution in [0.25, 0.3) is 0 Å². The maximum Gasteiger partial charge on any atom is 0.305 e. The first-order valence-electron chi connectivity index (χ1n) is 7.74. The van der Waals surface area contributed by atoms with Gasteiger partial charge in [0.15, 0.2) is 17.4 Å². The molecule has 0 atom stereocenters. The Hall–Kier alpha value is -3.55. The van der Waals surface area contributed by atoms with Crippen molar-refractivity contribution in [3.8, 4) is 0 Å². The van der Waals surface area contributed by atoms with Crippen LogP contribution in [-0.2, 0) is 6.42 Å². The number of para-hydroxylation sites is 1. The highest BCUT2D eigenvalue weighted by atomic mass is 16.3. The van der Waals surface area contributed by atoms with E-state index in [0.29, 0.717) is 5.82 Å². The lowest BCUT2D eigenvalue weighted by Gasteiger charge is -2.14. The zero-order valence-electron chi connectivity index (χ0n) is 13.6. The molecule has 0 saturated carbocycles. The number of benzene rings is 1. The summed E-state index contributed by atoms with van der Waals surface area (Å²) in [5.74, 6) is 0.473. The van der Waals surface area contributed by atoms with E-state index in [9.17, 15) is 4.79 Å². The molecule has 5 N–H and O–H groups in total. The minimum absolute atomic E-state index is 0.176. The number of hydrogen-bond acceptors (Lipinski definition) is 7. The lowest BCUT2D eigenvalue weighted by atomic mass is 10.1. The molecule has 0 aliphatic heterocycles. The number of anilines is 4. The van der Waals surface area contributed by atoms with E-state index in [1.807, 2.05) is 24.3 Å². The summed E-state index contributed by atoms with van der Waals surface area (Å²) in [6.07, 6.45) is 3.65. The molecule has 2 aromatic heterocycles. The largest absolute Gasteiger partial charge is 0.459 e. The van der Waals surface area contributed by atoms with E-state index in [1.54, 1.807) is 12.1 Å². The molecule has 128 valence electrons. The second kappa shape index (κ2) is 7.35. The van der Waals surface area contributed by atoms with Gasteiger partial charge >= 0.3 is 5.91 Å². The molecule has 0 spiro atoms. The van der Waals surface area contributed by atoms with Crippen molar-refractivity contribution < 1.29 is 9.21 Å². The van der Waals surface area contributed by atoms with Crippen molar-refractivity contribution in [2.75, 3.05) is 16.5 Å². The molecule has 3 rings (SSSR count). The van der Waals surface area contributed by atoms with Gasteiger partial charge in [-0.15, -0.1) is 0 Å². The van der Waals surface area contributed by atoms with Gasteiger partial charge in [-0.25, -0.2) is 9.97 Å². The number of nitrogen functional groups attached to an aromatic ring is 1. The lowest BCUT2D eigenvalue weighted by Crippen LogP contribution is -2.30. The predicted octanol–water partition coefficient (Wildman–Crippen LogP) is 2.71. The fourth-order valence-corrected chi connectivity index (χ4v) is 2.26. The summed E-state index contributed by atoms with van der Waals surface area (Å²) >= 11 is 0. The number of aryl methyl sites for hydroxylation is 1. The fraction of sp³-hybridized carbons (Fsp3) is 0.118. The van der Waals surface area contributed by atoms with E-state index in [2.05, 4.69) is 33.1 Å². The highest BCUT2D eigenvalue weighted by molar-refractivity contribution is 5.92. The smallest absolute Gasteiger partial charge is 0.305 e. The van der Waals surface area contributed by atoms with Gasteiger partial charge in [0.2, 0.25) is 0 Å². The normalized spacial score (nSPS) is 10.3. The van der Waals surface area contributed by atoms with Crippen LogP contribution in [0.4, 0.5) is 23.0 Å². The van der Waals surface area contributed by atoms with Gasteiger partial charge in [-0.3, -0.25) is 15.6 Å². The summed E-state index contributed by atoms with van der Waals surface area (Å²) in [4.78, 5) is 20.1. The molecular weight excluding hydrogens is 320 g/mol. The SMILES string of the molecule is CCc1ccccc1Nc1ncnc(NNC(=O)c2ccco2)c1N. The van der Waals surface area contributed by atoms with Crippen LogP contribution >= 0.6 is 0 Å². The zero-order chi connectivity index (χ0) is 17.6. The molecule has 8 nitrogen and oxygen atoms in total. The molecule has 0 bridgehead atoms. The number of nitrogens with one attached hydrogen (secondary N) is 3. The average molecular weight is 338 g/mol. The van der Waals surface area contributed by atoms with E-state index in [0.717, 1.165) is 17.7 Å². The zero-order valence-corrected chi connectivity index (χ0v) is 13.6. The first-order valence-corrected chi connectivity index (χ1v) is 7.74. The number of rotatable bonds is 6. The first kappa shape index (κ1) is 16.3. The van der Waals surface area contributed by atoms with Gasteiger partial charge in [0.05, 0.1) is 6.26 Å². The Kier molecular flexibility index (Phi) is 4.79. The molecule has 0 aliphatic rings. The number of furan rings is 1. The Morgan fingerprint density at radius 2 is 1.96 bits per heavy atom. The maximum atomic E-state index is 11.9. The number of nitrogens with two attached hydrogens (primary N) is 1. The molecule has 25 heavy (non-hydrogen) atoms. The number of carbonyl (C=O) groups excluding carboxylic acids is 1. The van der Waals surface area contributed by atoms with Crippen molar-refractivity contribution >= 4 is 28.9 Å². The Bertz CT molecular complexity index is 863. The predicted molar refractivity (Wildman–Crippen MR) is 95.3 cm³/mol. The van der Waals surface area contributed by atoms with Gasteiger partial charge < -0.3 is 15.5 Å². The van der Waals surface area contributed by atoms with Crippen LogP contribution in [0.5, 0.6) is 0 Å². The number of amides is 1. The van der Waals surface area contributed by atoms with Crippen molar-refractivity contribution in [1.82, 2.24) is 15.4 Å². The van der Waals surface area contributed by atoms with Crippen LogP contribution in [0.2, 0.25) is 0 Å². The summed E-state index contributed by atoms with van der Waals surface area (Å²) in [7, 11) is 0. The number of aromatic nitrogens is 2. The van der Waals surface area contributed by atoms with Crippen LogP contribution < -0.4 is 21.9 Å². The monoisotopic (exact) mass is 338 g/mol. The van der Waals surface area contributed by atoms with Crippen molar-refractivity contribution in [2.45, 2.75) is 13.3 Å². The molecule has 2 heterocycles. The molecule has 1 amide bonds. The quantitative estimate of drug-likeness (QED) is 0.510. The third-order valence-corrected chi connectivity index (χ3v) is 3.57. The minimum Gasteiger partial charge on any atom is -0.459 e. The number of carbonyl (C=O) groups is 1. The Morgan fingerprint density at radius 1 is 1.16 bits per heavy atom. The topological polar surface area (TPSA) is 118 Å². The molecule has 3 aromatic rings. The fourth-order valence-electron chi connectivity index (χ4n) is 2.26. The second-order valence-corrected chi connectivity index (χ2v) is 5.18. The van der Waals surface area contributed by atoms with Gasteiger partial charge in [0.1, 0.15) is 12.0 Å². The van der Waals surface area contributed by atoms with E-state index < -0.39 is 5.91 Å². The third kappa shape index (κ3) is 3.69. The van der Waals surface area contributed by atoms with Gasteiger partial charge in [-0.05, 0) is 30.2 Å². The van der Waals surface area contributed by atoms with Crippen LogP contribution in [0.15, 0.2) is 53.4 Å². The Morgan fingerprint density at radius 3 is 2.72 bits per heavy atom. The average Bonchev–Trinajstić information content (AvgIpc) is 3.17.